The fourth-order valence-electron chi connectivity index (χ4n) is 3.77. The largest absolute Gasteiger partial charge is 0.496 e. The van der Waals surface area contributed by atoms with E-state index in [2.05, 4.69) is 52.6 Å². The fourth-order valence-corrected chi connectivity index (χ4v) is 7.49. The van der Waals surface area contributed by atoms with Gasteiger partial charge in [0.05, 0.1) is 38.9 Å². The van der Waals surface area contributed by atoms with E-state index < -0.39 is 7.26 Å². The van der Waals surface area contributed by atoms with Crippen molar-refractivity contribution in [2.45, 2.75) is 38.7 Å². The monoisotopic (exact) mass is 359 g/mol. The predicted molar refractivity (Wildman–Crippen MR) is 107 cm³/mol. The molecule has 1 heterocycles. The van der Waals surface area contributed by atoms with Gasteiger partial charge >= 0.3 is 0 Å². The van der Waals surface area contributed by atoms with E-state index >= 15 is 0 Å². The van der Waals surface area contributed by atoms with Gasteiger partial charge in [-0.15, -0.1) is 0 Å². The molecule has 3 rings (SSSR count). The van der Waals surface area contributed by atoms with Gasteiger partial charge in [-0.05, 0) is 45.0 Å². The first kappa shape index (κ1) is 18.1. The molecule has 4 heteroatoms. The van der Waals surface area contributed by atoms with Crippen LogP contribution in [-0.2, 0) is 0 Å². The van der Waals surface area contributed by atoms with Crippen LogP contribution in [0.25, 0.3) is 11.1 Å². The Morgan fingerprint density at radius 1 is 0.960 bits per heavy atom. The lowest BCUT2D eigenvalue weighted by molar-refractivity contribution is 0.310. The van der Waals surface area contributed by atoms with Crippen LogP contribution >= 0.6 is 7.26 Å². The van der Waals surface area contributed by atoms with Crippen molar-refractivity contribution in [1.29, 1.82) is 0 Å². The third-order valence-electron chi connectivity index (χ3n) is 5.58. The minimum Gasteiger partial charge on any atom is -0.496 e. The molecule has 0 aliphatic carbocycles. The number of rotatable bonds is 3. The van der Waals surface area contributed by atoms with Crippen molar-refractivity contribution in [2.75, 3.05) is 20.9 Å². The summed E-state index contributed by atoms with van der Waals surface area (Å²) in [4.78, 5) is 0. The second-order valence-corrected chi connectivity index (χ2v) is 12.3. The average Bonchev–Trinajstić information content (AvgIpc) is 2.86. The molecule has 0 bridgehead atoms. The predicted octanol–water partition coefficient (Wildman–Crippen LogP) is 5.18. The number of benzene rings is 2. The fraction of sp³-hybridized carbons (Fsp3) is 0.429. The van der Waals surface area contributed by atoms with Crippen LogP contribution in [0.1, 0.15) is 27.7 Å². The van der Waals surface area contributed by atoms with Gasteiger partial charge in [0.2, 0.25) is 5.85 Å². The second kappa shape index (κ2) is 6.21. The van der Waals surface area contributed by atoms with Crippen LogP contribution in [0.4, 0.5) is 0 Å². The van der Waals surface area contributed by atoms with Gasteiger partial charge in [0.25, 0.3) is 0 Å². The SMILES string of the molecule is COc1cccc(OC)c1-c1cccc2c1[P+](C)(C(C)(C)C)[C@@H](C)O2. The summed E-state index contributed by atoms with van der Waals surface area (Å²) in [5, 5.41) is 1.49. The highest BCUT2D eigenvalue weighted by molar-refractivity contribution is 7.84. The van der Waals surface area contributed by atoms with Gasteiger partial charge in [-0.1, -0.05) is 12.1 Å². The summed E-state index contributed by atoms with van der Waals surface area (Å²) >= 11 is 0. The Balaban J connectivity index is 2.36. The van der Waals surface area contributed by atoms with E-state index in [-0.39, 0.29) is 11.0 Å². The van der Waals surface area contributed by atoms with E-state index in [1.54, 1.807) is 14.2 Å². The van der Waals surface area contributed by atoms with Gasteiger partial charge in [-0.3, -0.25) is 0 Å². The Morgan fingerprint density at radius 2 is 1.52 bits per heavy atom. The zero-order valence-electron chi connectivity index (χ0n) is 16.2. The summed E-state index contributed by atoms with van der Waals surface area (Å²) in [5.74, 6) is 2.86. The number of fused-ring (bicyclic) bond motifs is 1. The highest BCUT2D eigenvalue weighted by Crippen LogP contribution is 2.73. The first-order valence-corrected chi connectivity index (χ1v) is 10.9. The number of hydrogen-bond donors (Lipinski definition) is 0. The molecule has 0 fully saturated rings. The minimum absolute atomic E-state index is 0.142. The molecular formula is C21H28O3P+. The molecule has 1 aliphatic rings. The highest BCUT2D eigenvalue weighted by atomic mass is 31.2. The molecule has 0 aromatic heterocycles. The first-order valence-electron chi connectivity index (χ1n) is 8.63. The molecule has 2 atom stereocenters. The Kier molecular flexibility index (Phi) is 4.49. The minimum atomic E-state index is -1.58. The lowest BCUT2D eigenvalue weighted by Gasteiger charge is -2.34. The molecule has 0 saturated heterocycles. The molecule has 2 aromatic rings. The summed E-state index contributed by atoms with van der Waals surface area (Å²) in [5.41, 5.74) is 2.18. The molecule has 134 valence electrons. The van der Waals surface area contributed by atoms with Gasteiger partial charge in [0.15, 0.2) is 5.75 Å². The lowest BCUT2D eigenvalue weighted by Crippen LogP contribution is -2.32. The van der Waals surface area contributed by atoms with E-state index in [4.69, 9.17) is 14.2 Å². The van der Waals surface area contributed by atoms with Crippen molar-refractivity contribution in [3.05, 3.63) is 36.4 Å². The Morgan fingerprint density at radius 3 is 2.04 bits per heavy atom. The maximum Gasteiger partial charge on any atom is 0.208 e. The smallest absolute Gasteiger partial charge is 0.208 e. The molecule has 0 N–H and O–H groups in total. The van der Waals surface area contributed by atoms with E-state index in [1.165, 1.54) is 10.9 Å². The molecular weight excluding hydrogens is 331 g/mol. The van der Waals surface area contributed by atoms with Crippen LogP contribution in [0.5, 0.6) is 17.2 Å². The molecule has 25 heavy (non-hydrogen) atoms. The van der Waals surface area contributed by atoms with Crippen molar-refractivity contribution in [1.82, 2.24) is 0 Å². The van der Waals surface area contributed by atoms with Crippen molar-refractivity contribution in [2.24, 2.45) is 0 Å². The first-order chi connectivity index (χ1) is 11.8. The zero-order valence-corrected chi connectivity index (χ0v) is 17.1. The van der Waals surface area contributed by atoms with Gasteiger partial charge in [-0.25, -0.2) is 0 Å². The van der Waals surface area contributed by atoms with Crippen molar-refractivity contribution < 1.29 is 14.2 Å². The van der Waals surface area contributed by atoms with Crippen molar-refractivity contribution >= 4 is 12.6 Å². The molecule has 3 nitrogen and oxygen atoms in total. The Bertz CT molecular complexity index is 772. The summed E-state index contributed by atoms with van der Waals surface area (Å²) in [6.45, 7) is 11.6. The van der Waals surface area contributed by atoms with Crippen LogP contribution in [0, 0.1) is 0 Å². The number of ether oxygens (including phenoxy) is 3. The van der Waals surface area contributed by atoms with Gasteiger partial charge in [0, 0.05) is 12.5 Å². The van der Waals surface area contributed by atoms with Crippen LogP contribution < -0.4 is 19.5 Å². The third-order valence-corrected chi connectivity index (χ3v) is 11.3. The van der Waals surface area contributed by atoms with Crippen LogP contribution in [-0.4, -0.2) is 31.9 Å². The molecule has 0 saturated carbocycles. The maximum atomic E-state index is 6.33. The summed E-state index contributed by atoms with van der Waals surface area (Å²) in [7, 11) is 1.83. The van der Waals surface area contributed by atoms with Gasteiger partial charge in [0.1, 0.15) is 16.8 Å². The lowest BCUT2D eigenvalue weighted by atomic mass is 10.0. The topological polar surface area (TPSA) is 27.7 Å². The molecule has 2 aromatic carbocycles. The Hall–Kier alpha value is -1.73. The highest BCUT2D eigenvalue weighted by Gasteiger charge is 2.59. The van der Waals surface area contributed by atoms with Crippen LogP contribution in [0.2, 0.25) is 0 Å². The van der Waals surface area contributed by atoms with Gasteiger partial charge < -0.3 is 14.2 Å². The van der Waals surface area contributed by atoms with E-state index in [9.17, 15) is 0 Å². The zero-order chi connectivity index (χ0) is 18.4. The van der Waals surface area contributed by atoms with E-state index in [0.29, 0.717) is 0 Å². The van der Waals surface area contributed by atoms with Crippen LogP contribution in [0.3, 0.4) is 0 Å². The van der Waals surface area contributed by atoms with Crippen molar-refractivity contribution in [3.8, 4) is 28.4 Å². The molecule has 0 amide bonds. The summed E-state index contributed by atoms with van der Waals surface area (Å²) in [6.07, 6.45) is 0. The number of methoxy groups -OCH3 is 2. The summed E-state index contributed by atoms with van der Waals surface area (Å²) < 4.78 is 17.7. The quantitative estimate of drug-likeness (QED) is 0.707. The van der Waals surface area contributed by atoms with Crippen molar-refractivity contribution in [3.63, 3.8) is 0 Å². The second-order valence-electron chi connectivity index (χ2n) is 7.65. The average molecular weight is 359 g/mol. The van der Waals surface area contributed by atoms with Crippen LogP contribution in [0.15, 0.2) is 36.4 Å². The molecule has 1 unspecified atom stereocenters. The van der Waals surface area contributed by atoms with E-state index in [0.717, 1.165) is 22.8 Å². The Labute approximate surface area is 151 Å². The molecule has 1 aliphatic heterocycles. The maximum absolute atomic E-state index is 6.33. The third kappa shape index (κ3) is 2.60. The normalized spacial score (nSPS) is 22.3. The molecule has 0 spiro atoms. The standard InChI is InChI=1S/C21H28O3P/c1-14-24-18-13-8-10-15(20(18)25(14,7)21(2,3)4)19-16(22-5)11-9-12-17(19)23-6/h8-14H,1-7H3/q+1/t14-,25?/m0/s1. The number of hydrogen-bond acceptors (Lipinski definition) is 3. The molecule has 0 radical (unpaired) electrons. The summed E-state index contributed by atoms with van der Waals surface area (Å²) in [6, 6.07) is 12.3. The van der Waals surface area contributed by atoms with E-state index in [1.807, 2.05) is 18.2 Å². The van der Waals surface area contributed by atoms with Gasteiger partial charge in [-0.2, -0.15) is 0 Å².